The maximum absolute atomic E-state index is 10.1. The van der Waals surface area contributed by atoms with Gasteiger partial charge in [-0.3, -0.25) is 5.32 Å². The van der Waals surface area contributed by atoms with Gasteiger partial charge in [0.15, 0.2) is 0 Å². The van der Waals surface area contributed by atoms with Crippen LogP contribution in [-0.4, -0.2) is 41.7 Å². The number of hydrogen-bond acceptors (Lipinski definition) is 4. The highest BCUT2D eigenvalue weighted by Crippen LogP contribution is 2.21. The molecule has 1 aromatic rings. The Morgan fingerprint density at radius 2 is 1.77 bits per heavy atom. The Hall–Kier alpha value is -1.78. The van der Waals surface area contributed by atoms with E-state index < -0.39 is 0 Å². The van der Waals surface area contributed by atoms with Crippen LogP contribution in [0.15, 0.2) is 54.9 Å². The molecule has 1 fully saturated rings. The molecule has 144 valence electrons. The Morgan fingerprint density at radius 1 is 1.08 bits per heavy atom. The van der Waals surface area contributed by atoms with Crippen molar-refractivity contribution in [3.05, 3.63) is 60.5 Å². The van der Waals surface area contributed by atoms with E-state index in [-0.39, 0.29) is 17.8 Å². The number of aliphatic hydroxyl groups excluding tert-OH is 1. The third-order valence-electron chi connectivity index (χ3n) is 5.23. The molecule has 0 aromatic heterocycles. The van der Waals surface area contributed by atoms with Crippen molar-refractivity contribution in [2.75, 3.05) is 19.6 Å². The average Bonchev–Trinajstić information content (AvgIpc) is 3.18. The third-order valence-corrected chi connectivity index (χ3v) is 5.23. The fourth-order valence-electron chi connectivity index (χ4n) is 3.61. The van der Waals surface area contributed by atoms with E-state index in [2.05, 4.69) is 47.6 Å². The highest BCUT2D eigenvalue weighted by atomic mass is 16.3. The van der Waals surface area contributed by atoms with Gasteiger partial charge < -0.3 is 15.7 Å². The van der Waals surface area contributed by atoms with Crippen molar-refractivity contribution in [2.24, 2.45) is 5.73 Å². The molecule has 4 nitrogen and oxygen atoms in total. The first-order valence-corrected chi connectivity index (χ1v) is 9.93. The van der Waals surface area contributed by atoms with Crippen LogP contribution in [0.4, 0.5) is 0 Å². The normalized spacial score (nSPS) is 16.4. The molecule has 26 heavy (non-hydrogen) atoms. The first kappa shape index (κ1) is 20.5. The number of benzene rings is 1. The second-order valence-corrected chi connectivity index (χ2v) is 7.26. The van der Waals surface area contributed by atoms with Gasteiger partial charge in [-0.1, -0.05) is 49.9 Å². The first-order valence-electron chi connectivity index (χ1n) is 9.93. The summed E-state index contributed by atoms with van der Waals surface area (Å²) in [5.74, 6) is 0.207. The highest BCUT2D eigenvalue weighted by molar-refractivity contribution is 5.16. The van der Waals surface area contributed by atoms with Crippen molar-refractivity contribution >= 4 is 0 Å². The molecule has 1 aliphatic heterocycles. The first-order chi connectivity index (χ1) is 12.6. The fourth-order valence-corrected chi connectivity index (χ4v) is 3.61. The molecular formula is C22H35N3O. The van der Waals surface area contributed by atoms with E-state index in [1.54, 1.807) is 0 Å². The van der Waals surface area contributed by atoms with Gasteiger partial charge in [-0.15, -0.1) is 0 Å². The molecule has 0 amide bonds. The molecular weight excluding hydrogens is 322 g/mol. The molecule has 1 saturated heterocycles. The minimum absolute atomic E-state index is 0.127. The van der Waals surface area contributed by atoms with E-state index in [1.807, 2.05) is 6.07 Å². The number of likely N-dealkylation sites (tertiary alicyclic amines) is 1. The maximum atomic E-state index is 10.1. The second-order valence-electron chi connectivity index (χ2n) is 7.26. The molecule has 1 aliphatic rings. The van der Waals surface area contributed by atoms with Gasteiger partial charge >= 0.3 is 0 Å². The summed E-state index contributed by atoms with van der Waals surface area (Å²) in [5.41, 5.74) is 8.09. The number of nitrogens with two attached hydrogens (primary N) is 1. The Balaban J connectivity index is 1.98. The summed E-state index contributed by atoms with van der Waals surface area (Å²) in [6.45, 7) is 11.1. The molecule has 0 aliphatic carbocycles. The minimum Gasteiger partial charge on any atom is -0.511 e. The van der Waals surface area contributed by atoms with Gasteiger partial charge in [0.25, 0.3) is 0 Å². The van der Waals surface area contributed by atoms with Gasteiger partial charge in [0.1, 0.15) is 5.76 Å². The maximum Gasteiger partial charge on any atom is 0.102 e. The van der Waals surface area contributed by atoms with Crippen LogP contribution in [0.3, 0.4) is 0 Å². The summed E-state index contributed by atoms with van der Waals surface area (Å²) in [4.78, 5) is 2.38. The van der Waals surface area contributed by atoms with Gasteiger partial charge in [0.2, 0.25) is 0 Å². The zero-order valence-electron chi connectivity index (χ0n) is 16.0. The summed E-state index contributed by atoms with van der Waals surface area (Å²) in [5, 5.41) is 13.8. The summed E-state index contributed by atoms with van der Waals surface area (Å²) in [7, 11) is 0. The average molecular weight is 358 g/mol. The SMILES string of the molecule is C=C(O)C(CCc1ccccc1)N[C@@H](CCCCN)C(=C)N1CCCC1. The van der Waals surface area contributed by atoms with Crippen LogP contribution < -0.4 is 11.1 Å². The van der Waals surface area contributed by atoms with E-state index in [4.69, 9.17) is 5.73 Å². The van der Waals surface area contributed by atoms with E-state index in [0.29, 0.717) is 6.54 Å². The second kappa shape index (κ2) is 11.0. The highest BCUT2D eigenvalue weighted by Gasteiger charge is 2.24. The van der Waals surface area contributed by atoms with E-state index >= 15 is 0 Å². The van der Waals surface area contributed by atoms with E-state index in [9.17, 15) is 5.11 Å². The smallest absolute Gasteiger partial charge is 0.102 e. The van der Waals surface area contributed by atoms with Crippen LogP contribution in [0.2, 0.25) is 0 Å². The Bertz CT molecular complexity index is 552. The molecule has 0 saturated carbocycles. The Labute approximate surface area is 158 Å². The lowest BCUT2D eigenvalue weighted by atomic mass is 10.0. The number of hydrogen-bond donors (Lipinski definition) is 3. The zero-order chi connectivity index (χ0) is 18.8. The molecule has 2 atom stereocenters. The van der Waals surface area contributed by atoms with E-state index in [1.165, 1.54) is 18.4 Å². The topological polar surface area (TPSA) is 61.5 Å². The monoisotopic (exact) mass is 357 g/mol. The number of aliphatic hydroxyl groups is 1. The lowest BCUT2D eigenvalue weighted by Gasteiger charge is -2.32. The van der Waals surface area contributed by atoms with Crippen LogP contribution in [0.5, 0.6) is 0 Å². The Morgan fingerprint density at radius 3 is 2.38 bits per heavy atom. The molecule has 1 heterocycles. The molecule has 4 heteroatoms. The van der Waals surface area contributed by atoms with Crippen molar-refractivity contribution in [3.63, 3.8) is 0 Å². The Kier molecular flexibility index (Phi) is 8.72. The van der Waals surface area contributed by atoms with Gasteiger partial charge in [0.05, 0.1) is 6.04 Å². The molecule has 0 radical (unpaired) electrons. The van der Waals surface area contributed by atoms with Crippen molar-refractivity contribution in [1.29, 1.82) is 0 Å². The minimum atomic E-state index is -0.127. The van der Waals surface area contributed by atoms with Gasteiger partial charge in [-0.2, -0.15) is 0 Å². The van der Waals surface area contributed by atoms with Gasteiger partial charge in [0, 0.05) is 24.8 Å². The number of nitrogens with zero attached hydrogens (tertiary/aromatic N) is 1. The standard InChI is InChI=1S/C22H35N3O/c1-18(25-16-8-9-17-25)21(12-6-7-15-23)24-22(19(2)26)14-13-20-10-4-3-5-11-20/h3-5,10-11,21-22,24,26H,1-2,6-9,12-17,23H2/t21-,22?/m0/s1. The van der Waals surface area contributed by atoms with Crippen molar-refractivity contribution in [3.8, 4) is 0 Å². The number of unbranched alkanes of at least 4 members (excludes halogenated alkanes) is 1. The largest absolute Gasteiger partial charge is 0.511 e. The van der Waals surface area contributed by atoms with Crippen LogP contribution in [0.1, 0.15) is 44.1 Å². The molecule has 0 bridgehead atoms. The predicted octanol–water partition coefficient (Wildman–Crippen LogP) is 3.76. The van der Waals surface area contributed by atoms with Crippen LogP contribution in [0, 0.1) is 0 Å². The van der Waals surface area contributed by atoms with Crippen LogP contribution in [0.25, 0.3) is 0 Å². The van der Waals surface area contributed by atoms with Crippen LogP contribution in [-0.2, 0) is 6.42 Å². The fraction of sp³-hybridized carbons (Fsp3) is 0.545. The zero-order valence-corrected chi connectivity index (χ0v) is 16.0. The lowest BCUT2D eigenvalue weighted by molar-refractivity contribution is 0.291. The quantitative estimate of drug-likeness (QED) is 0.394. The van der Waals surface area contributed by atoms with Crippen LogP contribution >= 0.6 is 0 Å². The van der Waals surface area contributed by atoms with Gasteiger partial charge in [-0.05, 0) is 50.6 Å². The van der Waals surface area contributed by atoms with Crippen molar-refractivity contribution < 1.29 is 5.11 Å². The molecule has 2 rings (SSSR count). The number of aryl methyl sites for hydroxylation is 1. The third kappa shape index (κ3) is 6.50. The van der Waals surface area contributed by atoms with E-state index in [0.717, 1.165) is 50.9 Å². The van der Waals surface area contributed by atoms with Gasteiger partial charge in [-0.25, -0.2) is 0 Å². The summed E-state index contributed by atoms with van der Waals surface area (Å²) in [6, 6.07) is 10.4. The molecule has 1 unspecified atom stereocenters. The molecule has 0 spiro atoms. The summed E-state index contributed by atoms with van der Waals surface area (Å²) in [6.07, 6.45) is 7.26. The van der Waals surface area contributed by atoms with Crippen molar-refractivity contribution in [2.45, 2.75) is 57.0 Å². The summed E-state index contributed by atoms with van der Waals surface area (Å²) >= 11 is 0. The lowest BCUT2D eigenvalue weighted by Crippen LogP contribution is -2.44. The molecule has 1 aromatic carbocycles. The van der Waals surface area contributed by atoms with Crippen molar-refractivity contribution in [1.82, 2.24) is 10.2 Å². The number of rotatable bonds is 12. The molecule has 4 N–H and O–H groups in total. The number of nitrogens with one attached hydrogen (secondary N) is 1. The predicted molar refractivity (Wildman–Crippen MR) is 110 cm³/mol. The summed E-state index contributed by atoms with van der Waals surface area (Å²) < 4.78 is 0.